The molecular weight excluding hydrogens is 392 g/mol. The van der Waals surface area contributed by atoms with E-state index >= 15 is 0 Å². The number of aryl methyl sites for hydroxylation is 1. The molecule has 0 bridgehead atoms. The van der Waals surface area contributed by atoms with Crippen molar-refractivity contribution in [2.24, 2.45) is 5.73 Å². The van der Waals surface area contributed by atoms with Gasteiger partial charge in [0, 0.05) is 17.3 Å². The van der Waals surface area contributed by atoms with Gasteiger partial charge in [0.1, 0.15) is 5.00 Å². The molecular formula is C20H18N4O4S. The minimum absolute atomic E-state index is 0.273. The van der Waals surface area contributed by atoms with Crippen LogP contribution in [0.1, 0.15) is 44.0 Å². The second-order valence-corrected chi connectivity index (χ2v) is 7.77. The van der Waals surface area contributed by atoms with Gasteiger partial charge in [-0.05, 0) is 49.4 Å². The van der Waals surface area contributed by atoms with E-state index in [4.69, 9.17) is 10.5 Å². The zero-order valence-corrected chi connectivity index (χ0v) is 16.3. The molecule has 0 saturated heterocycles. The molecule has 9 heteroatoms. The molecule has 0 atom stereocenters. The third-order valence-electron chi connectivity index (χ3n) is 4.71. The van der Waals surface area contributed by atoms with Crippen molar-refractivity contribution >= 4 is 45.2 Å². The summed E-state index contributed by atoms with van der Waals surface area (Å²) in [6.45, 7) is -0.474. The molecule has 2 aromatic heterocycles. The number of carbonyl (C=O) groups excluding carboxylic acids is 3. The molecule has 0 fully saturated rings. The highest BCUT2D eigenvalue weighted by atomic mass is 32.1. The zero-order valence-electron chi connectivity index (χ0n) is 15.4. The van der Waals surface area contributed by atoms with E-state index in [0.29, 0.717) is 21.6 Å². The minimum atomic E-state index is -0.645. The number of anilines is 1. The summed E-state index contributed by atoms with van der Waals surface area (Å²) in [4.78, 5) is 45.8. The zero-order chi connectivity index (χ0) is 20.4. The Morgan fingerprint density at radius 3 is 2.66 bits per heavy atom. The molecule has 3 aromatic rings. The Bertz CT molecular complexity index is 1120. The summed E-state index contributed by atoms with van der Waals surface area (Å²) in [6, 6.07) is 4.78. The van der Waals surface area contributed by atoms with Crippen molar-refractivity contribution in [3.63, 3.8) is 0 Å². The highest BCUT2D eigenvalue weighted by Crippen LogP contribution is 2.37. The molecule has 3 N–H and O–H groups in total. The van der Waals surface area contributed by atoms with E-state index in [1.165, 1.54) is 17.5 Å². The second kappa shape index (κ2) is 7.96. The average Bonchev–Trinajstić information content (AvgIpc) is 3.09. The van der Waals surface area contributed by atoms with Crippen molar-refractivity contribution in [1.29, 1.82) is 0 Å². The van der Waals surface area contributed by atoms with Crippen LogP contribution in [0.3, 0.4) is 0 Å². The fraction of sp³-hybridized carbons (Fsp3) is 0.250. The number of ether oxygens (including phenoxy) is 1. The van der Waals surface area contributed by atoms with Gasteiger partial charge in [0.05, 0.1) is 22.2 Å². The van der Waals surface area contributed by atoms with E-state index in [9.17, 15) is 14.4 Å². The van der Waals surface area contributed by atoms with Crippen LogP contribution >= 0.6 is 11.3 Å². The van der Waals surface area contributed by atoms with Crippen molar-refractivity contribution in [3.8, 4) is 0 Å². The first-order valence-electron chi connectivity index (χ1n) is 9.15. The predicted molar refractivity (Wildman–Crippen MR) is 108 cm³/mol. The molecule has 0 aliphatic heterocycles. The number of thiophene rings is 1. The molecule has 29 heavy (non-hydrogen) atoms. The number of hydrogen-bond donors (Lipinski definition) is 2. The monoisotopic (exact) mass is 410 g/mol. The number of primary amides is 1. The first kappa shape index (κ1) is 19.0. The van der Waals surface area contributed by atoms with Gasteiger partial charge in [-0.3, -0.25) is 19.6 Å². The number of esters is 1. The van der Waals surface area contributed by atoms with Crippen LogP contribution in [0, 0.1) is 0 Å². The van der Waals surface area contributed by atoms with Gasteiger partial charge in [0.2, 0.25) is 0 Å². The number of amides is 2. The molecule has 2 heterocycles. The maximum absolute atomic E-state index is 12.3. The SMILES string of the molecule is NC(=O)c1c(NC(=O)COC(=O)c2ccc3nccnc3c2)sc2c1CCCC2. The normalized spacial score (nSPS) is 13.0. The van der Waals surface area contributed by atoms with Gasteiger partial charge in [-0.25, -0.2) is 4.79 Å². The Labute approximate surface area is 170 Å². The first-order chi connectivity index (χ1) is 14.0. The number of hydrogen-bond acceptors (Lipinski definition) is 7. The summed E-state index contributed by atoms with van der Waals surface area (Å²) in [7, 11) is 0. The van der Waals surface area contributed by atoms with E-state index in [-0.39, 0.29) is 5.56 Å². The first-order valence-corrected chi connectivity index (χ1v) is 9.96. The van der Waals surface area contributed by atoms with Gasteiger partial charge < -0.3 is 15.8 Å². The molecule has 1 aromatic carbocycles. The van der Waals surface area contributed by atoms with Crippen LogP contribution in [0.15, 0.2) is 30.6 Å². The van der Waals surface area contributed by atoms with Crippen LogP contribution in [0.2, 0.25) is 0 Å². The lowest BCUT2D eigenvalue weighted by atomic mass is 9.95. The van der Waals surface area contributed by atoms with E-state index in [0.717, 1.165) is 36.1 Å². The lowest BCUT2D eigenvalue weighted by Gasteiger charge is -2.11. The Kier molecular flexibility index (Phi) is 5.22. The molecule has 0 radical (unpaired) electrons. The highest BCUT2D eigenvalue weighted by molar-refractivity contribution is 7.17. The van der Waals surface area contributed by atoms with Gasteiger partial charge in [0.25, 0.3) is 11.8 Å². The Morgan fingerprint density at radius 1 is 1.10 bits per heavy atom. The Morgan fingerprint density at radius 2 is 1.86 bits per heavy atom. The predicted octanol–water partition coefficient (Wildman–Crippen LogP) is 2.46. The van der Waals surface area contributed by atoms with Gasteiger partial charge in [-0.2, -0.15) is 0 Å². The number of fused-ring (bicyclic) bond motifs is 2. The third kappa shape index (κ3) is 3.95. The lowest BCUT2D eigenvalue weighted by Crippen LogP contribution is -2.23. The number of nitrogens with zero attached hydrogens (tertiary/aromatic N) is 2. The standard InChI is InChI=1S/C20H18N4O4S/c21-18(26)17-12-3-1-2-4-15(12)29-19(17)24-16(25)10-28-20(27)11-5-6-13-14(9-11)23-8-7-22-13/h5-9H,1-4,10H2,(H2,21,26)(H,24,25). The van der Waals surface area contributed by atoms with E-state index < -0.39 is 24.4 Å². The number of carbonyl (C=O) groups is 3. The molecule has 4 rings (SSSR count). The molecule has 0 unspecified atom stereocenters. The number of aromatic nitrogens is 2. The largest absolute Gasteiger partial charge is 0.452 e. The van der Waals surface area contributed by atoms with Crippen LogP contribution < -0.4 is 11.1 Å². The summed E-state index contributed by atoms with van der Waals surface area (Å²) in [5, 5.41) is 3.09. The van der Waals surface area contributed by atoms with Crippen LogP contribution in [0.5, 0.6) is 0 Å². The summed E-state index contributed by atoms with van der Waals surface area (Å²) >= 11 is 1.36. The van der Waals surface area contributed by atoms with Crippen molar-refractivity contribution in [1.82, 2.24) is 9.97 Å². The van der Waals surface area contributed by atoms with Gasteiger partial charge in [-0.1, -0.05) is 0 Å². The van der Waals surface area contributed by atoms with Gasteiger partial charge >= 0.3 is 5.97 Å². The van der Waals surface area contributed by atoms with Gasteiger partial charge in [-0.15, -0.1) is 11.3 Å². The van der Waals surface area contributed by atoms with Crippen LogP contribution in [-0.2, 0) is 22.4 Å². The van der Waals surface area contributed by atoms with Crippen LogP contribution in [0.25, 0.3) is 11.0 Å². The smallest absolute Gasteiger partial charge is 0.338 e. The topological polar surface area (TPSA) is 124 Å². The maximum atomic E-state index is 12.3. The molecule has 1 aliphatic carbocycles. The number of rotatable bonds is 5. The second-order valence-electron chi connectivity index (χ2n) is 6.66. The summed E-state index contributed by atoms with van der Waals surface area (Å²) in [6.07, 6.45) is 6.78. The van der Waals surface area contributed by atoms with Crippen LogP contribution in [-0.4, -0.2) is 34.4 Å². The fourth-order valence-electron chi connectivity index (χ4n) is 3.38. The summed E-state index contributed by atoms with van der Waals surface area (Å²) < 4.78 is 5.10. The summed E-state index contributed by atoms with van der Waals surface area (Å²) in [5.41, 5.74) is 8.31. The molecule has 148 valence electrons. The maximum Gasteiger partial charge on any atom is 0.338 e. The number of nitrogens with one attached hydrogen (secondary N) is 1. The van der Waals surface area contributed by atoms with E-state index in [1.807, 2.05) is 0 Å². The van der Waals surface area contributed by atoms with Crippen molar-refractivity contribution < 1.29 is 19.1 Å². The molecule has 0 spiro atoms. The Hall–Kier alpha value is -3.33. The quantitative estimate of drug-likeness (QED) is 0.623. The average molecular weight is 410 g/mol. The number of nitrogens with two attached hydrogens (primary N) is 1. The Balaban J connectivity index is 1.43. The lowest BCUT2D eigenvalue weighted by molar-refractivity contribution is -0.119. The summed E-state index contributed by atoms with van der Waals surface area (Å²) in [5.74, 6) is -1.73. The van der Waals surface area contributed by atoms with E-state index in [1.54, 1.807) is 24.4 Å². The van der Waals surface area contributed by atoms with E-state index in [2.05, 4.69) is 15.3 Å². The molecule has 1 aliphatic rings. The minimum Gasteiger partial charge on any atom is -0.452 e. The van der Waals surface area contributed by atoms with Crippen molar-refractivity contribution in [3.05, 3.63) is 52.2 Å². The van der Waals surface area contributed by atoms with Crippen molar-refractivity contribution in [2.75, 3.05) is 11.9 Å². The molecule has 0 saturated carbocycles. The van der Waals surface area contributed by atoms with Gasteiger partial charge in [0.15, 0.2) is 6.61 Å². The molecule has 2 amide bonds. The molecule has 8 nitrogen and oxygen atoms in total. The fourth-order valence-corrected chi connectivity index (χ4v) is 4.69. The van der Waals surface area contributed by atoms with Crippen molar-refractivity contribution in [2.45, 2.75) is 25.7 Å². The number of benzene rings is 1. The third-order valence-corrected chi connectivity index (χ3v) is 5.92. The highest BCUT2D eigenvalue weighted by Gasteiger charge is 2.25. The van der Waals surface area contributed by atoms with Crippen LogP contribution in [0.4, 0.5) is 5.00 Å².